The van der Waals surface area contributed by atoms with E-state index in [0.29, 0.717) is 11.8 Å². The van der Waals surface area contributed by atoms with Crippen molar-refractivity contribution in [1.82, 2.24) is 20.9 Å². The van der Waals surface area contributed by atoms with Crippen LogP contribution in [0, 0.1) is 5.41 Å². The van der Waals surface area contributed by atoms with E-state index in [9.17, 15) is 29.1 Å². The van der Waals surface area contributed by atoms with Crippen LogP contribution < -0.4 is 16.0 Å². The van der Waals surface area contributed by atoms with Crippen LogP contribution in [0.3, 0.4) is 0 Å². The van der Waals surface area contributed by atoms with Gasteiger partial charge in [-0.15, -0.1) is 0 Å². The van der Waals surface area contributed by atoms with Crippen LogP contribution in [0.1, 0.15) is 43.9 Å². The Morgan fingerprint density at radius 3 is 2.29 bits per heavy atom. The molecule has 0 aliphatic carbocycles. The Balaban J connectivity index is 1.86. The number of hydrogen-bond donors (Lipinski definition) is 6. The molecule has 12 heteroatoms. The van der Waals surface area contributed by atoms with Crippen molar-refractivity contribution in [1.29, 1.82) is 5.41 Å². The molecule has 12 nitrogen and oxygen atoms in total. The summed E-state index contributed by atoms with van der Waals surface area (Å²) in [4.78, 5) is 66.4. The molecule has 0 aliphatic heterocycles. The summed E-state index contributed by atoms with van der Waals surface area (Å²) in [5, 5.41) is 26.6. The Hall–Kier alpha value is -4.84. The van der Waals surface area contributed by atoms with Gasteiger partial charge >= 0.3 is 5.97 Å². The average molecular weight is 578 g/mol. The number of aliphatic hydroxyl groups is 1. The van der Waals surface area contributed by atoms with Gasteiger partial charge in [-0.25, -0.2) is 4.79 Å². The summed E-state index contributed by atoms with van der Waals surface area (Å²) in [5.41, 5.74) is 2.02. The van der Waals surface area contributed by atoms with Gasteiger partial charge in [0.25, 0.3) is 0 Å². The monoisotopic (exact) mass is 577 g/mol. The van der Waals surface area contributed by atoms with Crippen LogP contribution in [0.15, 0.2) is 60.8 Å². The number of nitrogens with one attached hydrogen (secondary N) is 5. The molecule has 0 saturated carbocycles. The standard InChI is InChI=1S/C30H35N5O7/c1-3-42-30(41)27(38)26(19-9-5-4-6-10-19)35-28(39)24(14-13-21(37)16-31)34-29(40)25(33-18(2)36)15-20-17-32-23-12-8-7-11-22(20)23/h4-12,16-17,24-27,31-32,38H,3,13-15H2,1-2H3,(H,33,36)(H,34,40)(H,35,39)/t24-,25-,26?,27?/m0/s1. The van der Waals surface area contributed by atoms with E-state index in [0.717, 1.165) is 16.5 Å². The van der Waals surface area contributed by atoms with Gasteiger partial charge in [-0.3, -0.25) is 19.2 Å². The summed E-state index contributed by atoms with van der Waals surface area (Å²) in [7, 11) is 0. The van der Waals surface area contributed by atoms with Crippen molar-refractivity contribution in [3.05, 3.63) is 71.9 Å². The zero-order chi connectivity index (χ0) is 30.6. The summed E-state index contributed by atoms with van der Waals surface area (Å²) in [6.07, 6.45) is 0.294. The van der Waals surface area contributed by atoms with Gasteiger partial charge in [-0.1, -0.05) is 48.5 Å². The second-order valence-electron chi connectivity index (χ2n) is 9.62. The SMILES string of the molecule is CCOC(=O)C(O)C(NC(=O)[C@H](CCC(=O)C=N)NC(=O)[C@H](Cc1c[nH]c2ccccc12)NC(C)=O)c1ccccc1. The van der Waals surface area contributed by atoms with Crippen molar-refractivity contribution in [2.45, 2.75) is 57.3 Å². The van der Waals surface area contributed by atoms with E-state index in [-0.39, 0.29) is 25.9 Å². The Morgan fingerprint density at radius 1 is 0.952 bits per heavy atom. The van der Waals surface area contributed by atoms with Crippen LogP contribution in [0.2, 0.25) is 0 Å². The number of esters is 1. The van der Waals surface area contributed by atoms with E-state index in [1.807, 2.05) is 24.3 Å². The van der Waals surface area contributed by atoms with Crippen molar-refractivity contribution >= 4 is 46.6 Å². The minimum atomic E-state index is -1.76. The molecular formula is C30H35N5O7. The number of hydrogen-bond acceptors (Lipinski definition) is 8. The van der Waals surface area contributed by atoms with Gasteiger partial charge in [0.1, 0.15) is 12.1 Å². The first-order chi connectivity index (χ1) is 20.1. The quantitative estimate of drug-likeness (QED) is 0.116. The molecule has 42 heavy (non-hydrogen) atoms. The number of ketones is 1. The van der Waals surface area contributed by atoms with E-state index in [1.165, 1.54) is 6.92 Å². The van der Waals surface area contributed by atoms with Crippen LogP contribution >= 0.6 is 0 Å². The number of amides is 3. The minimum absolute atomic E-state index is 0.0106. The van der Waals surface area contributed by atoms with Crippen LogP contribution in [0.5, 0.6) is 0 Å². The lowest BCUT2D eigenvalue weighted by molar-refractivity contribution is -0.155. The largest absolute Gasteiger partial charge is 0.464 e. The second kappa shape index (κ2) is 15.2. The molecule has 0 saturated heterocycles. The van der Waals surface area contributed by atoms with Crippen LogP contribution in [0.25, 0.3) is 10.9 Å². The van der Waals surface area contributed by atoms with E-state index < -0.39 is 53.7 Å². The number of Topliss-reactive ketones (excluding diaryl/α,β-unsaturated/α-hetero) is 1. The number of carbonyl (C=O) groups is 5. The number of H-pyrrole nitrogens is 1. The number of rotatable bonds is 15. The van der Waals surface area contributed by atoms with Gasteiger partial charge in [0, 0.05) is 36.9 Å². The van der Waals surface area contributed by atoms with Crippen molar-refractivity contribution in [2.75, 3.05) is 6.61 Å². The van der Waals surface area contributed by atoms with Gasteiger partial charge in [0.05, 0.1) is 18.9 Å². The Labute approximate surface area is 242 Å². The first-order valence-corrected chi connectivity index (χ1v) is 13.5. The highest BCUT2D eigenvalue weighted by Crippen LogP contribution is 2.21. The molecule has 0 bridgehead atoms. The molecule has 222 valence electrons. The molecule has 6 N–H and O–H groups in total. The molecule has 1 aromatic heterocycles. The van der Waals surface area contributed by atoms with Crippen LogP contribution in [-0.4, -0.2) is 70.6 Å². The predicted octanol–water partition coefficient (Wildman–Crippen LogP) is 1.48. The molecule has 0 radical (unpaired) electrons. The van der Waals surface area contributed by atoms with Gasteiger partial charge < -0.3 is 36.2 Å². The third-order valence-electron chi connectivity index (χ3n) is 6.57. The second-order valence-corrected chi connectivity index (χ2v) is 9.62. The molecule has 3 aromatic rings. The number of aromatic amines is 1. The fourth-order valence-electron chi connectivity index (χ4n) is 4.50. The number of fused-ring (bicyclic) bond motifs is 1. The fourth-order valence-corrected chi connectivity index (χ4v) is 4.50. The maximum absolute atomic E-state index is 13.5. The number of carbonyl (C=O) groups excluding carboxylic acids is 5. The highest BCUT2D eigenvalue weighted by atomic mass is 16.5. The normalized spacial score (nSPS) is 13.7. The first-order valence-electron chi connectivity index (χ1n) is 13.5. The zero-order valence-corrected chi connectivity index (χ0v) is 23.4. The van der Waals surface area contributed by atoms with Crippen molar-refractivity contribution in [2.24, 2.45) is 0 Å². The fraction of sp³-hybridized carbons (Fsp3) is 0.333. The minimum Gasteiger partial charge on any atom is -0.464 e. The third kappa shape index (κ3) is 8.58. The molecule has 1 heterocycles. The molecule has 4 atom stereocenters. The molecule has 0 aliphatic rings. The summed E-state index contributed by atoms with van der Waals surface area (Å²) < 4.78 is 4.93. The van der Waals surface area contributed by atoms with Crippen molar-refractivity contribution in [3.8, 4) is 0 Å². The topological polar surface area (TPSA) is 191 Å². The highest BCUT2D eigenvalue weighted by molar-refractivity contribution is 6.26. The predicted molar refractivity (Wildman–Crippen MR) is 155 cm³/mol. The van der Waals surface area contributed by atoms with Crippen molar-refractivity contribution < 1.29 is 33.8 Å². The number of para-hydroxylation sites is 1. The first kappa shape index (κ1) is 31.7. The molecule has 2 unspecified atom stereocenters. The number of aliphatic hydroxyl groups excluding tert-OH is 1. The molecule has 2 aromatic carbocycles. The average Bonchev–Trinajstić information content (AvgIpc) is 3.39. The summed E-state index contributed by atoms with van der Waals surface area (Å²) in [5.74, 6) is -3.44. The molecule has 3 rings (SSSR count). The molecule has 3 amide bonds. The van der Waals surface area contributed by atoms with Crippen LogP contribution in [0.4, 0.5) is 0 Å². The van der Waals surface area contributed by atoms with Crippen LogP contribution in [-0.2, 0) is 35.1 Å². The van der Waals surface area contributed by atoms with E-state index in [1.54, 1.807) is 43.5 Å². The maximum Gasteiger partial charge on any atom is 0.337 e. The number of aromatic nitrogens is 1. The van der Waals surface area contributed by atoms with Gasteiger partial charge in [0.15, 0.2) is 11.9 Å². The zero-order valence-electron chi connectivity index (χ0n) is 23.4. The summed E-state index contributed by atoms with van der Waals surface area (Å²) in [6, 6.07) is 12.1. The summed E-state index contributed by atoms with van der Waals surface area (Å²) in [6.45, 7) is 2.86. The molecule has 0 fully saturated rings. The smallest absolute Gasteiger partial charge is 0.337 e. The van der Waals surface area contributed by atoms with Crippen molar-refractivity contribution in [3.63, 3.8) is 0 Å². The Bertz CT molecular complexity index is 1420. The lowest BCUT2D eigenvalue weighted by Gasteiger charge is -2.27. The van der Waals surface area contributed by atoms with E-state index in [4.69, 9.17) is 10.1 Å². The lowest BCUT2D eigenvalue weighted by atomic mass is 9.99. The van der Waals surface area contributed by atoms with Gasteiger partial charge in [0.2, 0.25) is 17.7 Å². The van der Waals surface area contributed by atoms with E-state index >= 15 is 0 Å². The number of ether oxygens (including phenoxy) is 1. The lowest BCUT2D eigenvalue weighted by Crippen LogP contribution is -2.55. The Morgan fingerprint density at radius 2 is 1.62 bits per heavy atom. The Kier molecular flexibility index (Phi) is 11.5. The molecule has 0 spiro atoms. The van der Waals surface area contributed by atoms with Gasteiger partial charge in [-0.2, -0.15) is 0 Å². The number of benzene rings is 2. The van der Waals surface area contributed by atoms with E-state index in [2.05, 4.69) is 20.9 Å². The summed E-state index contributed by atoms with van der Waals surface area (Å²) >= 11 is 0. The van der Waals surface area contributed by atoms with Gasteiger partial charge in [-0.05, 0) is 30.5 Å². The maximum atomic E-state index is 13.5. The third-order valence-corrected chi connectivity index (χ3v) is 6.57. The molecular weight excluding hydrogens is 542 g/mol. The highest BCUT2D eigenvalue weighted by Gasteiger charge is 2.34.